The zero-order chi connectivity index (χ0) is 13.9. The number of nitrogens with one attached hydrogen (secondary N) is 1. The number of carbonyl (C=O) groups excluding carboxylic acids is 1. The molecule has 0 aromatic heterocycles. The summed E-state index contributed by atoms with van der Waals surface area (Å²) in [6, 6.07) is 20.0. The Balaban J connectivity index is 2.06. The van der Waals surface area contributed by atoms with E-state index in [-0.39, 0.29) is 17.9 Å². The van der Waals surface area contributed by atoms with Gasteiger partial charge in [-0.05, 0) is 18.1 Å². The number of amides is 1. The van der Waals surface area contributed by atoms with Crippen molar-refractivity contribution in [2.24, 2.45) is 4.99 Å². The van der Waals surface area contributed by atoms with Crippen LogP contribution in [0.25, 0.3) is 0 Å². The van der Waals surface area contributed by atoms with Crippen molar-refractivity contribution >= 4 is 11.7 Å². The van der Waals surface area contributed by atoms with Crippen LogP contribution in [0.3, 0.4) is 0 Å². The SMILES string of the molecule is CC1N=C(C(c2ccccc2)c2ccccc2)NC1=O. The molecule has 0 radical (unpaired) electrons. The number of hydrogen-bond donors (Lipinski definition) is 1. The minimum atomic E-state index is -0.306. The molecule has 3 heteroatoms. The van der Waals surface area contributed by atoms with Gasteiger partial charge < -0.3 is 5.32 Å². The first kappa shape index (κ1) is 12.6. The molecule has 100 valence electrons. The van der Waals surface area contributed by atoms with Gasteiger partial charge in [0.15, 0.2) is 0 Å². The molecular weight excluding hydrogens is 248 g/mol. The summed E-state index contributed by atoms with van der Waals surface area (Å²) in [5, 5.41) is 2.91. The molecule has 3 rings (SSSR count). The molecule has 2 aromatic carbocycles. The fraction of sp³-hybridized carbons (Fsp3) is 0.176. The number of carbonyl (C=O) groups is 1. The Morgan fingerprint density at radius 2 is 1.45 bits per heavy atom. The predicted octanol–water partition coefficient (Wildman–Crippen LogP) is 2.74. The van der Waals surface area contributed by atoms with Gasteiger partial charge in [0.25, 0.3) is 0 Å². The van der Waals surface area contributed by atoms with Crippen LogP contribution in [0.2, 0.25) is 0 Å². The molecule has 2 aromatic rings. The maximum Gasteiger partial charge on any atom is 0.249 e. The Morgan fingerprint density at radius 1 is 0.950 bits per heavy atom. The summed E-state index contributed by atoms with van der Waals surface area (Å²) in [5.41, 5.74) is 2.26. The van der Waals surface area contributed by atoms with Crippen molar-refractivity contribution in [2.45, 2.75) is 18.9 Å². The van der Waals surface area contributed by atoms with Crippen molar-refractivity contribution in [3.8, 4) is 0 Å². The minimum Gasteiger partial charge on any atom is -0.312 e. The number of benzene rings is 2. The Hall–Kier alpha value is -2.42. The number of hydrogen-bond acceptors (Lipinski definition) is 2. The average molecular weight is 264 g/mol. The van der Waals surface area contributed by atoms with Gasteiger partial charge in [-0.15, -0.1) is 0 Å². The van der Waals surface area contributed by atoms with E-state index in [4.69, 9.17) is 0 Å². The van der Waals surface area contributed by atoms with Gasteiger partial charge in [-0.1, -0.05) is 60.7 Å². The zero-order valence-corrected chi connectivity index (χ0v) is 11.3. The van der Waals surface area contributed by atoms with Crippen LogP contribution in [0.1, 0.15) is 24.0 Å². The summed E-state index contributed by atoms with van der Waals surface area (Å²) < 4.78 is 0. The topological polar surface area (TPSA) is 41.5 Å². The number of rotatable bonds is 3. The van der Waals surface area contributed by atoms with Crippen molar-refractivity contribution in [2.75, 3.05) is 0 Å². The predicted molar refractivity (Wildman–Crippen MR) is 79.8 cm³/mol. The monoisotopic (exact) mass is 264 g/mol. The molecule has 20 heavy (non-hydrogen) atoms. The van der Waals surface area contributed by atoms with E-state index in [1.54, 1.807) is 0 Å². The summed E-state index contributed by atoms with van der Waals surface area (Å²) in [7, 11) is 0. The second-order valence-corrected chi connectivity index (χ2v) is 4.93. The second kappa shape index (κ2) is 5.29. The van der Waals surface area contributed by atoms with Crippen LogP contribution >= 0.6 is 0 Å². The number of aliphatic imine (C=N–C) groups is 1. The Kier molecular flexibility index (Phi) is 3.33. The van der Waals surface area contributed by atoms with Crippen molar-refractivity contribution in [3.05, 3.63) is 71.8 Å². The van der Waals surface area contributed by atoms with Gasteiger partial charge in [-0.3, -0.25) is 9.79 Å². The number of nitrogens with zero attached hydrogens (tertiary/aromatic N) is 1. The Morgan fingerprint density at radius 3 is 1.85 bits per heavy atom. The lowest BCUT2D eigenvalue weighted by molar-refractivity contribution is -0.119. The summed E-state index contributed by atoms with van der Waals surface area (Å²) in [6.07, 6.45) is 0. The summed E-state index contributed by atoms with van der Waals surface area (Å²) >= 11 is 0. The highest BCUT2D eigenvalue weighted by Crippen LogP contribution is 2.27. The lowest BCUT2D eigenvalue weighted by atomic mass is 9.90. The van der Waals surface area contributed by atoms with E-state index in [1.807, 2.05) is 43.3 Å². The standard InChI is InChI=1S/C17H16N2O/c1-12-17(20)19-16(18-12)15(13-8-4-2-5-9-13)14-10-6-3-7-11-14/h2-12,15H,1H3,(H,18,19,20). The molecule has 1 unspecified atom stereocenters. The highest BCUT2D eigenvalue weighted by Gasteiger charge is 2.29. The largest absolute Gasteiger partial charge is 0.312 e. The molecule has 1 aliphatic rings. The lowest BCUT2D eigenvalue weighted by Gasteiger charge is -2.18. The van der Waals surface area contributed by atoms with E-state index in [0.29, 0.717) is 0 Å². The highest BCUT2D eigenvalue weighted by atomic mass is 16.2. The summed E-state index contributed by atoms with van der Waals surface area (Å²) in [4.78, 5) is 16.2. The molecule has 0 bridgehead atoms. The van der Waals surface area contributed by atoms with Gasteiger partial charge >= 0.3 is 0 Å². The van der Waals surface area contributed by atoms with Crippen LogP contribution in [-0.4, -0.2) is 17.8 Å². The maximum absolute atomic E-state index is 11.7. The van der Waals surface area contributed by atoms with Crippen LogP contribution in [0.15, 0.2) is 65.7 Å². The Bertz CT molecular complexity index is 595. The van der Waals surface area contributed by atoms with E-state index in [9.17, 15) is 4.79 Å². The first-order valence-electron chi connectivity index (χ1n) is 6.74. The fourth-order valence-electron chi connectivity index (χ4n) is 2.48. The Labute approximate surface area is 118 Å². The fourth-order valence-corrected chi connectivity index (χ4v) is 2.48. The average Bonchev–Trinajstić information content (AvgIpc) is 2.81. The first-order valence-corrected chi connectivity index (χ1v) is 6.74. The third-order valence-electron chi connectivity index (χ3n) is 3.50. The summed E-state index contributed by atoms with van der Waals surface area (Å²) in [5.74, 6) is 0.683. The molecule has 1 aliphatic heterocycles. The van der Waals surface area contributed by atoms with E-state index in [1.165, 1.54) is 0 Å². The van der Waals surface area contributed by atoms with Crippen LogP contribution in [0.5, 0.6) is 0 Å². The maximum atomic E-state index is 11.7. The van der Waals surface area contributed by atoms with Gasteiger partial charge in [-0.2, -0.15) is 0 Å². The van der Waals surface area contributed by atoms with Crippen LogP contribution in [0, 0.1) is 0 Å². The van der Waals surface area contributed by atoms with E-state index in [2.05, 4.69) is 34.6 Å². The lowest BCUT2D eigenvalue weighted by Crippen LogP contribution is -2.31. The summed E-state index contributed by atoms with van der Waals surface area (Å²) in [6.45, 7) is 1.81. The van der Waals surface area contributed by atoms with Gasteiger partial charge in [0.2, 0.25) is 5.91 Å². The molecule has 0 saturated carbocycles. The normalized spacial score (nSPS) is 18.0. The first-order chi connectivity index (χ1) is 9.75. The second-order valence-electron chi connectivity index (χ2n) is 4.93. The van der Waals surface area contributed by atoms with E-state index in [0.717, 1.165) is 17.0 Å². The quantitative estimate of drug-likeness (QED) is 0.910. The molecule has 0 fully saturated rings. The number of amidine groups is 1. The van der Waals surface area contributed by atoms with Gasteiger partial charge in [0.05, 0.1) is 5.92 Å². The van der Waals surface area contributed by atoms with Crippen LogP contribution < -0.4 is 5.32 Å². The van der Waals surface area contributed by atoms with Crippen molar-refractivity contribution in [1.29, 1.82) is 0 Å². The van der Waals surface area contributed by atoms with E-state index >= 15 is 0 Å². The van der Waals surface area contributed by atoms with Crippen molar-refractivity contribution < 1.29 is 4.79 Å². The smallest absolute Gasteiger partial charge is 0.249 e. The molecule has 1 heterocycles. The molecule has 1 amide bonds. The van der Waals surface area contributed by atoms with Crippen LogP contribution in [0.4, 0.5) is 0 Å². The third-order valence-corrected chi connectivity index (χ3v) is 3.50. The third kappa shape index (κ3) is 2.35. The van der Waals surface area contributed by atoms with Crippen LogP contribution in [-0.2, 0) is 4.79 Å². The van der Waals surface area contributed by atoms with Gasteiger partial charge in [0.1, 0.15) is 11.9 Å². The van der Waals surface area contributed by atoms with Crippen molar-refractivity contribution in [3.63, 3.8) is 0 Å². The molecule has 3 nitrogen and oxygen atoms in total. The molecular formula is C17H16N2O. The van der Waals surface area contributed by atoms with Gasteiger partial charge in [-0.25, -0.2) is 0 Å². The van der Waals surface area contributed by atoms with E-state index < -0.39 is 0 Å². The zero-order valence-electron chi connectivity index (χ0n) is 11.3. The minimum absolute atomic E-state index is 0.0219. The highest BCUT2D eigenvalue weighted by molar-refractivity contribution is 6.09. The van der Waals surface area contributed by atoms with Crippen molar-refractivity contribution in [1.82, 2.24) is 5.32 Å². The molecule has 0 spiro atoms. The molecule has 1 atom stereocenters. The molecule has 0 saturated heterocycles. The molecule has 1 N–H and O–H groups in total. The van der Waals surface area contributed by atoms with Gasteiger partial charge in [0, 0.05) is 0 Å². The molecule has 0 aliphatic carbocycles.